The first-order valence-corrected chi connectivity index (χ1v) is 8.52. The lowest BCUT2D eigenvalue weighted by molar-refractivity contribution is 0.0697. The molecule has 4 rings (SSSR count). The summed E-state index contributed by atoms with van der Waals surface area (Å²) >= 11 is 0. The molecular formula is C19H19N3O4. The Balaban J connectivity index is 1.45. The van der Waals surface area contributed by atoms with Gasteiger partial charge in [0.25, 0.3) is 0 Å². The number of anilines is 1. The molecule has 1 atom stereocenters. The van der Waals surface area contributed by atoms with Gasteiger partial charge >= 0.3 is 12.0 Å². The second-order valence-electron chi connectivity index (χ2n) is 6.37. The normalized spacial score (nSPS) is 19.4. The van der Waals surface area contributed by atoms with Crippen LogP contribution in [0.2, 0.25) is 0 Å². The molecule has 134 valence electrons. The molecule has 0 aromatic heterocycles. The highest BCUT2D eigenvalue weighted by Gasteiger charge is 2.38. The number of carboxylic acid groups (broad SMARTS) is 1. The van der Waals surface area contributed by atoms with Gasteiger partial charge in [-0.1, -0.05) is 0 Å². The molecule has 2 amide bonds. The van der Waals surface area contributed by atoms with Crippen LogP contribution >= 0.6 is 0 Å². The number of piperazine rings is 1. The molecule has 7 heteroatoms. The van der Waals surface area contributed by atoms with Gasteiger partial charge in [-0.25, -0.2) is 9.59 Å². The van der Waals surface area contributed by atoms with Crippen molar-refractivity contribution >= 4 is 17.7 Å². The molecule has 7 nitrogen and oxygen atoms in total. The van der Waals surface area contributed by atoms with Crippen LogP contribution in [-0.2, 0) is 0 Å². The number of fused-ring (bicyclic) bond motifs is 1. The van der Waals surface area contributed by atoms with Crippen molar-refractivity contribution in [2.75, 3.05) is 31.1 Å². The maximum Gasteiger partial charge on any atom is 0.335 e. The van der Waals surface area contributed by atoms with E-state index in [2.05, 4.69) is 5.32 Å². The Morgan fingerprint density at radius 3 is 2.35 bits per heavy atom. The first kappa shape index (κ1) is 16.4. The van der Waals surface area contributed by atoms with E-state index in [-0.39, 0.29) is 17.6 Å². The SMILES string of the molecule is O=C(O)c1ccc(Oc2ccc(N3C[C@@H]4CNCCN4C3=O)cc2)cc1. The summed E-state index contributed by atoms with van der Waals surface area (Å²) < 4.78 is 5.74. The number of hydrogen-bond acceptors (Lipinski definition) is 4. The molecule has 2 aromatic carbocycles. The van der Waals surface area contributed by atoms with E-state index in [1.807, 2.05) is 29.2 Å². The maximum atomic E-state index is 12.5. The van der Waals surface area contributed by atoms with E-state index in [9.17, 15) is 9.59 Å². The van der Waals surface area contributed by atoms with Gasteiger partial charge in [0.1, 0.15) is 11.5 Å². The molecule has 2 fully saturated rings. The first-order valence-electron chi connectivity index (χ1n) is 8.52. The third kappa shape index (κ3) is 3.09. The van der Waals surface area contributed by atoms with Crippen molar-refractivity contribution in [3.05, 3.63) is 54.1 Å². The minimum Gasteiger partial charge on any atom is -0.478 e. The molecule has 0 saturated carbocycles. The number of nitrogens with zero attached hydrogens (tertiary/aromatic N) is 2. The van der Waals surface area contributed by atoms with Gasteiger partial charge in [0.05, 0.1) is 11.6 Å². The largest absolute Gasteiger partial charge is 0.478 e. The van der Waals surface area contributed by atoms with E-state index in [1.165, 1.54) is 12.1 Å². The van der Waals surface area contributed by atoms with Crippen LogP contribution in [0.25, 0.3) is 0 Å². The van der Waals surface area contributed by atoms with Crippen molar-refractivity contribution < 1.29 is 19.4 Å². The molecule has 0 spiro atoms. The third-order valence-electron chi connectivity index (χ3n) is 4.71. The Morgan fingerprint density at radius 2 is 1.73 bits per heavy atom. The second-order valence-corrected chi connectivity index (χ2v) is 6.37. The minimum atomic E-state index is -0.970. The third-order valence-corrected chi connectivity index (χ3v) is 4.71. The van der Waals surface area contributed by atoms with Crippen molar-refractivity contribution in [1.82, 2.24) is 10.2 Å². The van der Waals surface area contributed by atoms with E-state index in [4.69, 9.17) is 9.84 Å². The van der Waals surface area contributed by atoms with Crippen LogP contribution in [0.4, 0.5) is 10.5 Å². The van der Waals surface area contributed by atoms with Crippen LogP contribution in [0.5, 0.6) is 11.5 Å². The zero-order valence-corrected chi connectivity index (χ0v) is 14.1. The Labute approximate surface area is 150 Å². The number of hydrogen-bond donors (Lipinski definition) is 2. The molecule has 2 aliphatic rings. The zero-order chi connectivity index (χ0) is 18.1. The molecule has 2 aromatic rings. The molecule has 2 aliphatic heterocycles. The number of urea groups is 1. The molecular weight excluding hydrogens is 334 g/mol. The summed E-state index contributed by atoms with van der Waals surface area (Å²) in [7, 11) is 0. The molecule has 0 unspecified atom stereocenters. The van der Waals surface area contributed by atoms with Gasteiger partial charge in [-0.05, 0) is 48.5 Å². The van der Waals surface area contributed by atoms with E-state index < -0.39 is 5.97 Å². The minimum absolute atomic E-state index is 0.0504. The van der Waals surface area contributed by atoms with E-state index in [1.54, 1.807) is 17.0 Å². The smallest absolute Gasteiger partial charge is 0.335 e. The number of carboxylic acids is 1. The quantitative estimate of drug-likeness (QED) is 0.882. The number of amides is 2. The van der Waals surface area contributed by atoms with Crippen molar-refractivity contribution in [3.63, 3.8) is 0 Å². The Bertz CT molecular complexity index is 820. The highest BCUT2D eigenvalue weighted by atomic mass is 16.5. The number of benzene rings is 2. The maximum absolute atomic E-state index is 12.5. The average Bonchev–Trinajstić information content (AvgIpc) is 3.00. The number of carbonyl (C=O) groups is 2. The lowest BCUT2D eigenvalue weighted by Gasteiger charge is -2.28. The van der Waals surface area contributed by atoms with Crippen LogP contribution < -0.4 is 15.0 Å². The van der Waals surface area contributed by atoms with Gasteiger partial charge in [-0.15, -0.1) is 0 Å². The molecule has 2 heterocycles. The van der Waals surface area contributed by atoms with Gasteiger partial charge in [0.15, 0.2) is 0 Å². The fourth-order valence-electron chi connectivity index (χ4n) is 3.33. The van der Waals surface area contributed by atoms with Gasteiger partial charge in [0, 0.05) is 31.9 Å². The van der Waals surface area contributed by atoms with E-state index in [0.29, 0.717) is 18.0 Å². The van der Waals surface area contributed by atoms with Crippen LogP contribution in [-0.4, -0.2) is 54.2 Å². The van der Waals surface area contributed by atoms with Crippen LogP contribution in [0.15, 0.2) is 48.5 Å². The van der Waals surface area contributed by atoms with Gasteiger partial charge < -0.3 is 20.1 Å². The summed E-state index contributed by atoms with van der Waals surface area (Å²) in [5.41, 5.74) is 1.06. The number of rotatable bonds is 4. The predicted octanol–water partition coefficient (Wildman–Crippen LogP) is 2.39. The fourth-order valence-corrected chi connectivity index (χ4v) is 3.33. The van der Waals surface area contributed by atoms with Crippen molar-refractivity contribution in [1.29, 1.82) is 0 Å². The standard InChI is InChI=1S/C19H19N3O4/c23-18(24)13-1-5-16(6-2-13)26-17-7-3-14(4-8-17)22-12-15-11-20-9-10-21(15)19(22)25/h1-8,15,20H,9-12H2,(H,23,24)/t15-/m0/s1. The lowest BCUT2D eigenvalue weighted by atomic mass is 10.2. The van der Waals surface area contributed by atoms with Crippen molar-refractivity contribution in [2.24, 2.45) is 0 Å². The second kappa shape index (κ2) is 6.68. The highest BCUT2D eigenvalue weighted by Crippen LogP contribution is 2.28. The molecule has 0 radical (unpaired) electrons. The number of ether oxygens (including phenoxy) is 1. The Morgan fingerprint density at radius 1 is 1.08 bits per heavy atom. The van der Waals surface area contributed by atoms with E-state index >= 15 is 0 Å². The Hall–Kier alpha value is -3.06. The van der Waals surface area contributed by atoms with E-state index in [0.717, 1.165) is 25.3 Å². The summed E-state index contributed by atoms with van der Waals surface area (Å²) in [5, 5.41) is 12.2. The van der Waals surface area contributed by atoms with Crippen molar-refractivity contribution in [2.45, 2.75) is 6.04 Å². The van der Waals surface area contributed by atoms with Crippen molar-refractivity contribution in [3.8, 4) is 11.5 Å². The highest BCUT2D eigenvalue weighted by molar-refractivity contribution is 5.94. The van der Waals surface area contributed by atoms with Crippen LogP contribution in [0.3, 0.4) is 0 Å². The van der Waals surface area contributed by atoms with Gasteiger partial charge in [-0.2, -0.15) is 0 Å². The number of aromatic carboxylic acids is 1. The topological polar surface area (TPSA) is 82.1 Å². The molecule has 26 heavy (non-hydrogen) atoms. The summed E-state index contributed by atoms with van der Waals surface area (Å²) in [4.78, 5) is 27.1. The molecule has 2 saturated heterocycles. The first-order chi connectivity index (χ1) is 12.6. The van der Waals surface area contributed by atoms with Crippen LogP contribution in [0, 0.1) is 0 Å². The zero-order valence-electron chi connectivity index (χ0n) is 14.1. The molecule has 0 bridgehead atoms. The Kier molecular flexibility index (Phi) is 4.22. The molecule has 2 N–H and O–H groups in total. The summed E-state index contributed by atoms with van der Waals surface area (Å²) in [6.45, 7) is 3.09. The van der Waals surface area contributed by atoms with Gasteiger partial charge in [-0.3, -0.25) is 4.90 Å². The lowest BCUT2D eigenvalue weighted by Crippen LogP contribution is -2.49. The van der Waals surface area contributed by atoms with Crippen LogP contribution in [0.1, 0.15) is 10.4 Å². The summed E-state index contributed by atoms with van der Waals surface area (Å²) in [6, 6.07) is 13.9. The van der Waals surface area contributed by atoms with Gasteiger partial charge in [0.2, 0.25) is 0 Å². The summed E-state index contributed by atoms with van der Waals surface area (Å²) in [5.74, 6) is 0.216. The fraction of sp³-hybridized carbons (Fsp3) is 0.263. The monoisotopic (exact) mass is 353 g/mol. The number of carbonyl (C=O) groups excluding carboxylic acids is 1. The number of nitrogens with one attached hydrogen (secondary N) is 1. The summed E-state index contributed by atoms with van der Waals surface area (Å²) in [6.07, 6.45) is 0. The predicted molar refractivity (Wildman–Crippen MR) is 96.0 cm³/mol. The average molecular weight is 353 g/mol. The molecule has 0 aliphatic carbocycles.